The third-order valence-corrected chi connectivity index (χ3v) is 5.10. The first kappa shape index (κ1) is 16.2. The Kier molecular flexibility index (Phi) is 5.21. The molecule has 0 amide bonds. The van der Waals surface area contributed by atoms with Crippen LogP contribution in [0.15, 0.2) is 23.1 Å². The fourth-order valence-corrected chi connectivity index (χ4v) is 3.79. The topological polar surface area (TPSA) is 76.7 Å². The molecule has 2 rings (SSSR count). The van der Waals surface area contributed by atoms with E-state index in [0.29, 0.717) is 25.3 Å². The van der Waals surface area contributed by atoms with Crippen LogP contribution in [-0.2, 0) is 21.3 Å². The number of benzene rings is 1. The summed E-state index contributed by atoms with van der Waals surface area (Å²) in [6.45, 7) is 3.00. The number of rotatable bonds is 6. The van der Waals surface area contributed by atoms with Gasteiger partial charge < -0.3 is 14.8 Å². The molecule has 118 valence electrons. The van der Waals surface area contributed by atoms with Gasteiger partial charge >= 0.3 is 0 Å². The molecule has 6 nitrogen and oxygen atoms in total. The highest BCUT2D eigenvalue weighted by molar-refractivity contribution is 7.89. The minimum Gasteiger partial charge on any atom is -0.496 e. The van der Waals surface area contributed by atoms with Crippen LogP contribution in [0.25, 0.3) is 0 Å². The molecule has 0 aromatic heterocycles. The zero-order chi connectivity index (χ0) is 15.5. The number of sulfonamides is 1. The normalized spacial score (nSPS) is 22.4. The first-order valence-corrected chi connectivity index (χ1v) is 8.41. The summed E-state index contributed by atoms with van der Waals surface area (Å²) in [7, 11) is -0.186. The Hall–Kier alpha value is -1.15. The van der Waals surface area contributed by atoms with E-state index in [-0.39, 0.29) is 17.0 Å². The summed E-state index contributed by atoms with van der Waals surface area (Å²) in [5.74, 6) is 0.667. The second-order valence-electron chi connectivity index (χ2n) is 5.10. The molecule has 0 radical (unpaired) electrons. The van der Waals surface area contributed by atoms with Crippen molar-refractivity contribution in [3.05, 3.63) is 23.8 Å². The minimum absolute atomic E-state index is 0.102. The van der Waals surface area contributed by atoms with Crippen LogP contribution in [0.2, 0.25) is 0 Å². The zero-order valence-electron chi connectivity index (χ0n) is 12.5. The highest BCUT2D eigenvalue weighted by Crippen LogP contribution is 2.23. The molecule has 1 aromatic carbocycles. The molecule has 0 spiro atoms. The van der Waals surface area contributed by atoms with Crippen LogP contribution in [0.5, 0.6) is 5.75 Å². The van der Waals surface area contributed by atoms with Gasteiger partial charge in [-0.1, -0.05) is 0 Å². The Morgan fingerprint density at radius 1 is 1.43 bits per heavy atom. The summed E-state index contributed by atoms with van der Waals surface area (Å²) < 4.78 is 38.3. The summed E-state index contributed by atoms with van der Waals surface area (Å²) in [5.41, 5.74) is 0.804. The van der Waals surface area contributed by atoms with Gasteiger partial charge in [0.25, 0.3) is 0 Å². The molecule has 2 N–H and O–H groups in total. The maximum Gasteiger partial charge on any atom is 0.240 e. The van der Waals surface area contributed by atoms with E-state index in [1.165, 1.54) is 0 Å². The molecule has 2 unspecified atom stereocenters. The lowest BCUT2D eigenvalue weighted by molar-refractivity contribution is 0.117. The number of hydrogen-bond acceptors (Lipinski definition) is 5. The number of hydrogen-bond donors (Lipinski definition) is 2. The Balaban J connectivity index is 2.25. The van der Waals surface area contributed by atoms with E-state index in [2.05, 4.69) is 10.0 Å². The quantitative estimate of drug-likeness (QED) is 0.815. The van der Waals surface area contributed by atoms with Crippen LogP contribution in [0, 0.1) is 0 Å². The minimum atomic E-state index is -3.56. The lowest BCUT2D eigenvalue weighted by Gasteiger charge is -2.17. The average Bonchev–Trinajstić information content (AvgIpc) is 2.84. The molecule has 2 atom stereocenters. The van der Waals surface area contributed by atoms with E-state index in [1.807, 2.05) is 6.92 Å². The standard InChI is InChI=1S/C14H22N2O4S/c1-10-13(6-7-20-10)16-21(17,18)12-4-5-14(19-3)11(8-12)9-15-2/h4-5,8,10,13,15-16H,6-7,9H2,1-3H3. The number of ether oxygens (including phenoxy) is 2. The van der Waals surface area contributed by atoms with Gasteiger partial charge in [-0.3, -0.25) is 0 Å². The van der Waals surface area contributed by atoms with Gasteiger partial charge in [-0.05, 0) is 38.6 Å². The predicted octanol–water partition coefficient (Wildman–Crippen LogP) is 0.870. The van der Waals surface area contributed by atoms with Gasteiger partial charge in [-0.25, -0.2) is 13.1 Å². The van der Waals surface area contributed by atoms with Crippen LogP contribution in [-0.4, -0.2) is 41.3 Å². The van der Waals surface area contributed by atoms with Crippen molar-refractivity contribution in [2.45, 2.75) is 36.9 Å². The van der Waals surface area contributed by atoms with Crippen LogP contribution in [0.3, 0.4) is 0 Å². The maximum absolute atomic E-state index is 12.5. The zero-order valence-corrected chi connectivity index (χ0v) is 13.4. The van der Waals surface area contributed by atoms with Gasteiger partial charge in [-0.15, -0.1) is 0 Å². The molecule has 0 saturated carbocycles. The molecule has 1 aliphatic rings. The van der Waals surface area contributed by atoms with Gasteiger partial charge in [0.2, 0.25) is 10.0 Å². The monoisotopic (exact) mass is 314 g/mol. The lowest BCUT2D eigenvalue weighted by Crippen LogP contribution is -2.39. The van der Waals surface area contributed by atoms with Crippen LogP contribution < -0.4 is 14.8 Å². The van der Waals surface area contributed by atoms with Crippen molar-refractivity contribution in [2.24, 2.45) is 0 Å². The molecule has 7 heteroatoms. The van der Waals surface area contributed by atoms with Gasteiger partial charge in [0, 0.05) is 18.7 Å². The van der Waals surface area contributed by atoms with E-state index in [1.54, 1.807) is 32.4 Å². The van der Waals surface area contributed by atoms with Gasteiger partial charge in [0.05, 0.1) is 24.2 Å². The summed E-state index contributed by atoms with van der Waals surface area (Å²) in [5, 5.41) is 3.00. The predicted molar refractivity (Wildman–Crippen MR) is 79.9 cm³/mol. The second-order valence-corrected chi connectivity index (χ2v) is 6.81. The third kappa shape index (κ3) is 3.74. The van der Waals surface area contributed by atoms with E-state index >= 15 is 0 Å². The molecule has 1 saturated heterocycles. The Labute approximate surface area is 125 Å². The SMILES string of the molecule is CNCc1cc(S(=O)(=O)NC2CCOC2C)ccc1OC. The van der Waals surface area contributed by atoms with Crippen LogP contribution in [0.1, 0.15) is 18.9 Å². The Morgan fingerprint density at radius 3 is 2.76 bits per heavy atom. The summed E-state index contributed by atoms with van der Waals surface area (Å²) >= 11 is 0. The van der Waals surface area contributed by atoms with Crippen molar-refractivity contribution in [3.8, 4) is 5.75 Å². The van der Waals surface area contributed by atoms with Gasteiger partial charge in [0.1, 0.15) is 5.75 Å². The van der Waals surface area contributed by atoms with Gasteiger partial charge in [-0.2, -0.15) is 0 Å². The summed E-state index contributed by atoms with van der Waals surface area (Å²) in [6.07, 6.45) is 0.592. The first-order chi connectivity index (χ1) is 9.97. The van der Waals surface area contributed by atoms with Crippen molar-refractivity contribution >= 4 is 10.0 Å². The molecule has 1 fully saturated rings. The highest BCUT2D eigenvalue weighted by Gasteiger charge is 2.29. The third-order valence-electron chi connectivity index (χ3n) is 3.61. The van der Waals surface area contributed by atoms with E-state index in [4.69, 9.17) is 9.47 Å². The fraction of sp³-hybridized carbons (Fsp3) is 0.571. The molecular weight excluding hydrogens is 292 g/mol. The molecule has 1 heterocycles. The van der Waals surface area contributed by atoms with Crippen LogP contribution >= 0.6 is 0 Å². The smallest absolute Gasteiger partial charge is 0.240 e. The van der Waals surface area contributed by atoms with Crippen molar-refractivity contribution in [1.82, 2.24) is 10.0 Å². The van der Waals surface area contributed by atoms with Crippen LogP contribution in [0.4, 0.5) is 0 Å². The molecular formula is C14H22N2O4S. The molecule has 21 heavy (non-hydrogen) atoms. The first-order valence-electron chi connectivity index (χ1n) is 6.93. The summed E-state index contributed by atoms with van der Waals surface area (Å²) in [6, 6.07) is 4.69. The molecule has 0 aliphatic carbocycles. The Bertz CT molecular complexity index is 589. The molecule has 1 aromatic rings. The Morgan fingerprint density at radius 2 is 2.19 bits per heavy atom. The fourth-order valence-electron chi connectivity index (χ4n) is 2.40. The number of methoxy groups -OCH3 is 1. The van der Waals surface area contributed by atoms with Crippen molar-refractivity contribution in [2.75, 3.05) is 20.8 Å². The maximum atomic E-state index is 12.5. The largest absolute Gasteiger partial charge is 0.496 e. The molecule has 0 bridgehead atoms. The van der Waals surface area contributed by atoms with Crippen molar-refractivity contribution < 1.29 is 17.9 Å². The van der Waals surface area contributed by atoms with Crippen molar-refractivity contribution in [3.63, 3.8) is 0 Å². The second kappa shape index (κ2) is 6.74. The summed E-state index contributed by atoms with van der Waals surface area (Å²) in [4.78, 5) is 0.243. The molecule has 1 aliphatic heterocycles. The lowest BCUT2D eigenvalue weighted by atomic mass is 10.2. The van der Waals surface area contributed by atoms with E-state index in [9.17, 15) is 8.42 Å². The van der Waals surface area contributed by atoms with Gasteiger partial charge in [0.15, 0.2) is 0 Å². The van der Waals surface area contributed by atoms with Crippen molar-refractivity contribution in [1.29, 1.82) is 0 Å². The highest BCUT2D eigenvalue weighted by atomic mass is 32.2. The van der Waals surface area contributed by atoms with E-state index in [0.717, 1.165) is 5.56 Å². The average molecular weight is 314 g/mol. The van der Waals surface area contributed by atoms with E-state index < -0.39 is 10.0 Å². The number of nitrogens with one attached hydrogen (secondary N) is 2.